The fourth-order valence-electron chi connectivity index (χ4n) is 2.41. The largest absolute Gasteiger partial charge is 0.345 e. The van der Waals surface area contributed by atoms with E-state index in [-0.39, 0.29) is 18.2 Å². The van der Waals surface area contributed by atoms with Crippen molar-refractivity contribution in [1.82, 2.24) is 21.3 Å². The summed E-state index contributed by atoms with van der Waals surface area (Å²) in [5, 5.41) is 9.78. The van der Waals surface area contributed by atoms with E-state index >= 15 is 0 Å². The summed E-state index contributed by atoms with van der Waals surface area (Å²) in [4.78, 5) is 58.4. The summed E-state index contributed by atoms with van der Waals surface area (Å²) in [6, 6.07) is 6.66. The summed E-state index contributed by atoms with van der Waals surface area (Å²) in [5.41, 5.74) is 0.889. The minimum atomic E-state index is -0.985. The van der Waals surface area contributed by atoms with Crippen molar-refractivity contribution in [2.24, 2.45) is 0 Å². The molecule has 0 aliphatic heterocycles. The number of carbonyl (C=O) groups excluding carboxylic acids is 5. The first-order valence-corrected chi connectivity index (χ1v) is 9.64. The lowest BCUT2D eigenvalue weighted by Crippen LogP contribution is -2.54. The molecule has 0 fully saturated rings. The normalized spacial score (nSPS) is 13.3. The van der Waals surface area contributed by atoms with Crippen LogP contribution < -0.4 is 21.3 Å². The third-order valence-corrected chi connectivity index (χ3v) is 4.23. The number of nitrogens with one attached hydrogen (secondary N) is 4. The molecule has 0 aromatic heterocycles. The molecule has 4 amide bonds. The van der Waals surface area contributed by atoms with Gasteiger partial charge in [-0.05, 0) is 18.9 Å². The van der Waals surface area contributed by atoms with Crippen molar-refractivity contribution < 1.29 is 24.0 Å². The van der Waals surface area contributed by atoms with Crippen LogP contribution in [0.5, 0.6) is 0 Å². The minimum Gasteiger partial charge on any atom is -0.345 e. The van der Waals surface area contributed by atoms with Gasteiger partial charge in [0.15, 0.2) is 0 Å². The van der Waals surface area contributed by atoms with E-state index in [1.807, 2.05) is 30.3 Å². The number of rotatable bonds is 11. The maximum absolute atomic E-state index is 12.2. The number of hydrogen-bond acceptors (Lipinski definition) is 6. The topological polar surface area (TPSA) is 133 Å². The number of amides is 4. The summed E-state index contributed by atoms with van der Waals surface area (Å²) >= 11 is 4.03. The second-order valence-electron chi connectivity index (χ2n) is 6.38. The van der Waals surface area contributed by atoms with Gasteiger partial charge in [0.1, 0.15) is 18.4 Å². The number of benzene rings is 1. The van der Waals surface area contributed by atoms with Crippen molar-refractivity contribution in [3.05, 3.63) is 35.9 Å². The Labute approximate surface area is 174 Å². The number of aldehydes is 1. The number of thiol groups is 1. The molecule has 29 heavy (non-hydrogen) atoms. The Kier molecular flexibility index (Phi) is 10.5. The molecule has 0 saturated carbocycles. The minimum absolute atomic E-state index is 0.00302. The van der Waals surface area contributed by atoms with Crippen LogP contribution in [0, 0.1) is 0 Å². The summed E-state index contributed by atoms with van der Waals surface area (Å²) in [7, 11) is 0. The molecule has 0 radical (unpaired) electrons. The first kappa shape index (κ1) is 24.2. The molecule has 0 bridgehead atoms. The highest BCUT2D eigenvalue weighted by Crippen LogP contribution is 2.01. The van der Waals surface area contributed by atoms with Crippen molar-refractivity contribution in [3.63, 3.8) is 0 Å². The monoisotopic (exact) mass is 422 g/mol. The predicted molar refractivity (Wildman–Crippen MR) is 110 cm³/mol. The lowest BCUT2D eigenvalue weighted by atomic mass is 10.1. The van der Waals surface area contributed by atoms with Crippen LogP contribution in [0.2, 0.25) is 0 Å². The molecule has 0 saturated heterocycles. The van der Waals surface area contributed by atoms with Crippen LogP contribution in [0.25, 0.3) is 0 Å². The molecule has 0 heterocycles. The molecule has 1 rings (SSSR count). The molecule has 9 nitrogen and oxygen atoms in total. The fraction of sp³-hybridized carbons (Fsp3) is 0.421. The lowest BCUT2D eigenvalue weighted by molar-refractivity contribution is -0.131. The van der Waals surface area contributed by atoms with Gasteiger partial charge in [-0.15, -0.1) is 0 Å². The molecule has 1 aromatic rings. The average Bonchev–Trinajstić information content (AvgIpc) is 2.69. The Morgan fingerprint density at radius 3 is 2.24 bits per heavy atom. The van der Waals surface area contributed by atoms with E-state index in [2.05, 4.69) is 33.9 Å². The highest BCUT2D eigenvalue weighted by Gasteiger charge is 2.23. The molecule has 0 spiro atoms. The van der Waals surface area contributed by atoms with Crippen LogP contribution in [0.4, 0.5) is 0 Å². The van der Waals surface area contributed by atoms with Crippen molar-refractivity contribution in [1.29, 1.82) is 0 Å². The highest BCUT2D eigenvalue weighted by atomic mass is 32.1. The first-order valence-electron chi connectivity index (χ1n) is 9.01. The van der Waals surface area contributed by atoms with Crippen LogP contribution in [0.3, 0.4) is 0 Å². The molecule has 0 aliphatic rings. The summed E-state index contributed by atoms with van der Waals surface area (Å²) in [5.74, 6) is -2.08. The second-order valence-corrected chi connectivity index (χ2v) is 6.75. The molecular formula is C19H26N4O5S. The van der Waals surface area contributed by atoms with Crippen LogP contribution in [0.1, 0.15) is 19.4 Å². The number of carbonyl (C=O) groups is 5. The van der Waals surface area contributed by atoms with E-state index in [9.17, 15) is 24.0 Å². The van der Waals surface area contributed by atoms with E-state index in [1.54, 1.807) is 0 Å². The molecular weight excluding hydrogens is 396 g/mol. The third kappa shape index (κ3) is 9.24. The van der Waals surface area contributed by atoms with E-state index in [4.69, 9.17) is 0 Å². The quantitative estimate of drug-likeness (QED) is 0.230. The van der Waals surface area contributed by atoms with Crippen LogP contribution in [-0.2, 0) is 30.4 Å². The van der Waals surface area contributed by atoms with Gasteiger partial charge in [-0.2, -0.15) is 12.6 Å². The standard InChI is InChI=1S/C19H26N4O5S/c1-12(21-13(2)25)18(27)23-16(11-29)19(28)20-9-17(26)22-15(10-24)8-14-6-4-3-5-7-14/h3-7,10,12,15-16,29H,8-9,11H2,1-2H3,(H,20,28)(H,21,25)(H,22,26)(H,23,27). The van der Waals surface area contributed by atoms with Gasteiger partial charge in [-0.25, -0.2) is 0 Å². The van der Waals surface area contributed by atoms with Crippen molar-refractivity contribution >= 4 is 42.5 Å². The van der Waals surface area contributed by atoms with Crippen LogP contribution >= 0.6 is 12.6 Å². The zero-order chi connectivity index (χ0) is 21.8. The lowest BCUT2D eigenvalue weighted by Gasteiger charge is -2.19. The van der Waals surface area contributed by atoms with Gasteiger partial charge in [0, 0.05) is 12.7 Å². The van der Waals surface area contributed by atoms with Gasteiger partial charge in [-0.1, -0.05) is 30.3 Å². The summed E-state index contributed by atoms with van der Waals surface area (Å²) in [6.07, 6.45) is 0.966. The van der Waals surface area contributed by atoms with Crippen molar-refractivity contribution in [2.75, 3.05) is 12.3 Å². The number of hydrogen-bond donors (Lipinski definition) is 5. The maximum atomic E-state index is 12.2. The first-order chi connectivity index (χ1) is 13.8. The Morgan fingerprint density at radius 2 is 1.69 bits per heavy atom. The smallest absolute Gasteiger partial charge is 0.243 e. The molecule has 4 N–H and O–H groups in total. The Hall–Kier alpha value is -2.88. The predicted octanol–water partition coefficient (Wildman–Crippen LogP) is -1.03. The van der Waals surface area contributed by atoms with Crippen LogP contribution in [0.15, 0.2) is 30.3 Å². The second kappa shape index (κ2) is 12.6. The summed E-state index contributed by atoms with van der Waals surface area (Å²) < 4.78 is 0. The van der Waals surface area contributed by atoms with Gasteiger partial charge in [0.2, 0.25) is 23.6 Å². The van der Waals surface area contributed by atoms with Gasteiger partial charge in [0.25, 0.3) is 0 Å². The van der Waals surface area contributed by atoms with Gasteiger partial charge in [0.05, 0.1) is 12.6 Å². The van der Waals surface area contributed by atoms with Gasteiger partial charge < -0.3 is 26.1 Å². The maximum Gasteiger partial charge on any atom is 0.243 e. The van der Waals surface area contributed by atoms with E-state index in [0.717, 1.165) is 5.56 Å². The van der Waals surface area contributed by atoms with E-state index < -0.39 is 35.8 Å². The summed E-state index contributed by atoms with van der Waals surface area (Å²) in [6.45, 7) is 2.39. The SMILES string of the molecule is CC(=O)NC(C)C(=O)NC(CS)C(=O)NCC(=O)NC(C=O)Cc1ccccc1. The van der Waals surface area contributed by atoms with Crippen molar-refractivity contribution in [2.45, 2.75) is 38.4 Å². The molecule has 0 aliphatic carbocycles. The van der Waals surface area contributed by atoms with Gasteiger partial charge >= 0.3 is 0 Å². The van der Waals surface area contributed by atoms with E-state index in [1.165, 1.54) is 13.8 Å². The highest BCUT2D eigenvalue weighted by molar-refractivity contribution is 7.80. The Bertz CT molecular complexity index is 729. The average molecular weight is 423 g/mol. The molecule has 3 atom stereocenters. The van der Waals surface area contributed by atoms with Gasteiger partial charge in [-0.3, -0.25) is 19.2 Å². The molecule has 1 aromatic carbocycles. The molecule has 158 valence electrons. The van der Waals surface area contributed by atoms with E-state index in [0.29, 0.717) is 12.7 Å². The van der Waals surface area contributed by atoms with Crippen LogP contribution in [-0.4, -0.2) is 60.3 Å². The molecule has 3 unspecified atom stereocenters. The Balaban J connectivity index is 2.49. The third-order valence-electron chi connectivity index (χ3n) is 3.86. The zero-order valence-corrected chi connectivity index (χ0v) is 17.2. The Morgan fingerprint density at radius 1 is 1.03 bits per heavy atom. The zero-order valence-electron chi connectivity index (χ0n) is 16.3. The fourth-order valence-corrected chi connectivity index (χ4v) is 2.67. The molecule has 10 heteroatoms. The van der Waals surface area contributed by atoms with Crippen molar-refractivity contribution in [3.8, 4) is 0 Å².